The summed E-state index contributed by atoms with van der Waals surface area (Å²) in [7, 11) is 1.67. The van der Waals surface area contributed by atoms with Crippen molar-refractivity contribution in [1.29, 1.82) is 0 Å². The van der Waals surface area contributed by atoms with Crippen molar-refractivity contribution in [2.24, 2.45) is 4.99 Å². The second-order valence-corrected chi connectivity index (χ2v) is 5.67. The van der Waals surface area contributed by atoms with Crippen molar-refractivity contribution in [1.82, 2.24) is 0 Å². The van der Waals surface area contributed by atoms with Crippen LogP contribution in [0.1, 0.15) is 37.7 Å². The van der Waals surface area contributed by atoms with Gasteiger partial charge in [0.05, 0.1) is 7.11 Å². The van der Waals surface area contributed by atoms with Crippen LogP contribution in [0.5, 0.6) is 5.75 Å². The van der Waals surface area contributed by atoms with Gasteiger partial charge in [0, 0.05) is 24.3 Å². The summed E-state index contributed by atoms with van der Waals surface area (Å²) in [5, 5.41) is 0. The average Bonchev–Trinajstić information content (AvgIpc) is 2.96. The van der Waals surface area contributed by atoms with Crippen LogP contribution >= 0.6 is 0 Å². The van der Waals surface area contributed by atoms with Crippen LogP contribution in [0.4, 0.5) is 5.69 Å². The molecule has 2 aliphatic rings. The number of nitrogens with zero attached hydrogens (tertiary/aromatic N) is 2. The van der Waals surface area contributed by atoms with Gasteiger partial charge in [-0.3, -0.25) is 0 Å². The Morgan fingerprint density at radius 2 is 2.00 bits per heavy atom. The van der Waals surface area contributed by atoms with Crippen LogP contribution in [-0.4, -0.2) is 26.3 Å². The normalized spacial score (nSPS) is 20.1. The Kier molecular flexibility index (Phi) is 3.49. The van der Waals surface area contributed by atoms with Gasteiger partial charge in [0.15, 0.2) is 0 Å². The summed E-state index contributed by atoms with van der Waals surface area (Å²) in [5.74, 6) is 0.829. The molecule has 106 valence electrons. The highest BCUT2D eigenvalue weighted by Crippen LogP contribution is 2.49. The first-order valence-electron chi connectivity index (χ1n) is 7.31. The maximum Gasteiger partial charge on any atom is 0.235 e. The lowest BCUT2D eigenvalue weighted by Crippen LogP contribution is -2.34. The summed E-state index contributed by atoms with van der Waals surface area (Å²) in [6, 6.07) is 6.15. The highest BCUT2D eigenvalue weighted by Gasteiger charge is 2.41. The number of aliphatic imine (C=N–C) groups is 1. The van der Waals surface area contributed by atoms with E-state index in [1.54, 1.807) is 13.2 Å². The minimum absolute atomic E-state index is 0.367. The molecule has 0 amide bonds. The molecule has 0 aromatic heterocycles. The standard InChI is InChI=1S/C16H20N2O2/c1-20-13-5-6-15(18-9-2-3-10-18)14(11-13)16(17-12-19)7-4-8-16/h5-6,11H,2-4,7-10H2,1H3. The van der Waals surface area contributed by atoms with Gasteiger partial charge in [-0.05, 0) is 50.3 Å². The highest BCUT2D eigenvalue weighted by molar-refractivity contribution is 5.61. The van der Waals surface area contributed by atoms with Crippen molar-refractivity contribution in [2.75, 3.05) is 25.1 Å². The zero-order chi connectivity index (χ0) is 14.0. The van der Waals surface area contributed by atoms with E-state index < -0.39 is 0 Å². The summed E-state index contributed by atoms with van der Waals surface area (Å²) in [6.45, 7) is 2.17. The maximum atomic E-state index is 10.8. The van der Waals surface area contributed by atoms with Gasteiger partial charge in [0.1, 0.15) is 11.3 Å². The Bertz CT molecular complexity index is 539. The van der Waals surface area contributed by atoms with Gasteiger partial charge in [0.25, 0.3) is 0 Å². The van der Waals surface area contributed by atoms with E-state index in [2.05, 4.69) is 16.0 Å². The predicted octanol–water partition coefficient (Wildman–Crippen LogP) is 3.01. The molecule has 1 aliphatic carbocycles. The number of hydrogen-bond acceptors (Lipinski definition) is 4. The molecule has 1 aromatic carbocycles. The number of rotatable bonds is 4. The van der Waals surface area contributed by atoms with Gasteiger partial charge in [-0.2, -0.15) is 4.99 Å². The second-order valence-electron chi connectivity index (χ2n) is 5.67. The third-order valence-corrected chi connectivity index (χ3v) is 4.59. The molecule has 1 heterocycles. The number of carbonyl (C=O) groups excluding carboxylic acids is 1. The van der Waals surface area contributed by atoms with E-state index >= 15 is 0 Å². The number of anilines is 1. The molecule has 4 heteroatoms. The molecule has 0 spiro atoms. The number of hydrogen-bond donors (Lipinski definition) is 0. The molecular weight excluding hydrogens is 252 g/mol. The number of isocyanates is 1. The fourth-order valence-corrected chi connectivity index (χ4v) is 3.29. The minimum Gasteiger partial charge on any atom is -0.497 e. The highest BCUT2D eigenvalue weighted by atomic mass is 16.5. The van der Waals surface area contributed by atoms with Crippen molar-refractivity contribution in [2.45, 2.75) is 37.6 Å². The molecule has 20 heavy (non-hydrogen) atoms. The Labute approximate surface area is 119 Å². The molecule has 0 atom stereocenters. The Morgan fingerprint density at radius 3 is 2.55 bits per heavy atom. The van der Waals surface area contributed by atoms with E-state index in [-0.39, 0.29) is 5.54 Å². The van der Waals surface area contributed by atoms with Gasteiger partial charge in [-0.15, -0.1) is 0 Å². The first kappa shape index (κ1) is 13.2. The molecule has 1 saturated carbocycles. The smallest absolute Gasteiger partial charge is 0.235 e. The Morgan fingerprint density at radius 1 is 1.25 bits per heavy atom. The predicted molar refractivity (Wildman–Crippen MR) is 78.1 cm³/mol. The fraction of sp³-hybridized carbons (Fsp3) is 0.562. The zero-order valence-electron chi connectivity index (χ0n) is 11.9. The summed E-state index contributed by atoms with van der Waals surface area (Å²) >= 11 is 0. The van der Waals surface area contributed by atoms with E-state index in [4.69, 9.17) is 4.74 Å². The first-order valence-corrected chi connectivity index (χ1v) is 7.31. The number of benzene rings is 1. The topological polar surface area (TPSA) is 41.9 Å². The van der Waals surface area contributed by atoms with Crippen LogP contribution in [0.2, 0.25) is 0 Å². The van der Waals surface area contributed by atoms with Crippen LogP contribution in [-0.2, 0) is 10.3 Å². The lowest BCUT2D eigenvalue weighted by molar-refractivity contribution is 0.255. The van der Waals surface area contributed by atoms with E-state index in [1.807, 2.05) is 12.1 Å². The monoisotopic (exact) mass is 272 g/mol. The third-order valence-electron chi connectivity index (χ3n) is 4.59. The average molecular weight is 272 g/mol. The molecular formula is C16H20N2O2. The van der Waals surface area contributed by atoms with E-state index in [9.17, 15) is 4.79 Å². The van der Waals surface area contributed by atoms with Crippen LogP contribution in [0.3, 0.4) is 0 Å². The third kappa shape index (κ3) is 2.10. The SMILES string of the molecule is COc1ccc(N2CCCC2)c(C2(N=C=O)CCC2)c1. The second kappa shape index (κ2) is 5.29. The molecule has 3 rings (SSSR count). The Hall–Kier alpha value is -1.80. The van der Waals surface area contributed by atoms with Crippen molar-refractivity contribution >= 4 is 11.8 Å². The minimum atomic E-state index is -0.367. The van der Waals surface area contributed by atoms with Crippen LogP contribution in [0.25, 0.3) is 0 Å². The fourth-order valence-electron chi connectivity index (χ4n) is 3.29. The van der Waals surface area contributed by atoms with E-state index in [0.717, 1.165) is 43.7 Å². The largest absolute Gasteiger partial charge is 0.497 e. The van der Waals surface area contributed by atoms with E-state index in [0.29, 0.717) is 0 Å². The lowest BCUT2D eigenvalue weighted by Gasteiger charge is -2.40. The van der Waals surface area contributed by atoms with E-state index in [1.165, 1.54) is 18.5 Å². The van der Waals surface area contributed by atoms with Gasteiger partial charge in [0.2, 0.25) is 6.08 Å². The van der Waals surface area contributed by atoms with Gasteiger partial charge in [-0.1, -0.05) is 0 Å². The summed E-state index contributed by atoms with van der Waals surface area (Å²) in [6.07, 6.45) is 7.21. The lowest BCUT2D eigenvalue weighted by atomic mass is 9.71. The van der Waals surface area contributed by atoms with Crippen molar-refractivity contribution < 1.29 is 9.53 Å². The van der Waals surface area contributed by atoms with Crippen LogP contribution in [0, 0.1) is 0 Å². The van der Waals surface area contributed by atoms with Gasteiger partial charge >= 0.3 is 0 Å². The number of ether oxygens (including phenoxy) is 1. The molecule has 0 bridgehead atoms. The van der Waals surface area contributed by atoms with Crippen LogP contribution < -0.4 is 9.64 Å². The quantitative estimate of drug-likeness (QED) is 0.625. The van der Waals surface area contributed by atoms with Crippen molar-refractivity contribution in [3.05, 3.63) is 23.8 Å². The summed E-state index contributed by atoms with van der Waals surface area (Å²) < 4.78 is 5.36. The summed E-state index contributed by atoms with van der Waals surface area (Å²) in [5.41, 5.74) is 1.98. The van der Waals surface area contributed by atoms with Gasteiger partial charge in [-0.25, -0.2) is 4.79 Å². The molecule has 1 aliphatic heterocycles. The Balaban J connectivity index is 2.07. The molecule has 1 aromatic rings. The van der Waals surface area contributed by atoms with Crippen molar-refractivity contribution in [3.8, 4) is 5.75 Å². The molecule has 0 unspecified atom stereocenters. The molecule has 2 fully saturated rings. The molecule has 1 saturated heterocycles. The molecule has 0 N–H and O–H groups in total. The summed E-state index contributed by atoms with van der Waals surface area (Å²) in [4.78, 5) is 17.4. The number of methoxy groups -OCH3 is 1. The zero-order valence-corrected chi connectivity index (χ0v) is 11.9. The van der Waals surface area contributed by atoms with Crippen LogP contribution in [0.15, 0.2) is 23.2 Å². The first-order chi connectivity index (χ1) is 9.79. The van der Waals surface area contributed by atoms with Gasteiger partial charge < -0.3 is 9.64 Å². The van der Waals surface area contributed by atoms with Crippen molar-refractivity contribution in [3.63, 3.8) is 0 Å². The maximum absolute atomic E-state index is 10.8. The molecule has 0 radical (unpaired) electrons. The molecule has 4 nitrogen and oxygen atoms in total.